The molecule has 0 radical (unpaired) electrons. The number of likely N-dealkylation sites (tertiary alicyclic amines) is 1. The molecule has 3 rings (SSSR count). The lowest BCUT2D eigenvalue weighted by atomic mass is 10.00. The van der Waals surface area contributed by atoms with Gasteiger partial charge in [0.2, 0.25) is 11.8 Å². The quantitative estimate of drug-likeness (QED) is 0.364. The number of aryl methyl sites for hydroxylation is 1. The normalized spacial score (nSPS) is 24.6. The minimum absolute atomic E-state index is 0.0728. The molecule has 1 saturated carbocycles. The molecule has 21 heavy (non-hydrogen) atoms. The Morgan fingerprint density at radius 2 is 2.00 bits per heavy atom. The molecule has 0 bridgehead atoms. The third-order valence-corrected chi connectivity index (χ3v) is 4.30. The van der Waals surface area contributed by atoms with Crippen LogP contribution in [0.3, 0.4) is 0 Å². The Kier molecular flexibility index (Phi) is 3.29. The summed E-state index contributed by atoms with van der Waals surface area (Å²) >= 11 is 0. The van der Waals surface area contributed by atoms with Gasteiger partial charge in [0.15, 0.2) is 5.76 Å². The van der Waals surface area contributed by atoms with Gasteiger partial charge < -0.3 is 4.42 Å². The Bertz CT molecular complexity index is 600. The number of hydrogen-bond acceptors (Lipinski definition) is 5. The first-order valence-corrected chi connectivity index (χ1v) is 6.98. The number of furan rings is 1. The molecular weight excluding hydrogens is 274 g/mol. The first kappa shape index (κ1) is 13.8. The first-order valence-electron chi connectivity index (χ1n) is 6.98. The summed E-state index contributed by atoms with van der Waals surface area (Å²) in [5.74, 6) is 4.47. The van der Waals surface area contributed by atoms with Gasteiger partial charge in [-0.05, 0) is 25.8 Å². The van der Waals surface area contributed by atoms with E-state index in [0.717, 1.165) is 19.3 Å². The largest absolute Gasteiger partial charge is 0.454 e. The van der Waals surface area contributed by atoms with Crippen molar-refractivity contribution in [1.29, 1.82) is 0 Å². The van der Waals surface area contributed by atoms with Gasteiger partial charge in [0.05, 0.1) is 18.4 Å². The SMILES string of the molecule is Cc1cc(CN2C(=O)C3CCCC3C2=O)oc1C(=O)NN. The molecule has 3 amide bonds. The molecule has 1 aliphatic heterocycles. The average Bonchev–Trinajstić information content (AvgIpc) is 3.13. The zero-order valence-electron chi connectivity index (χ0n) is 11.7. The molecule has 1 aliphatic carbocycles. The summed E-state index contributed by atoms with van der Waals surface area (Å²) in [4.78, 5) is 37.2. The lowest BCUT2D eigenvalue weighted by molar-refractivity contribution is -0.141. The lowest BCUT2D eigenvalue weighted by Crippen LogP contribution is -2.31. The van der Waals surface area contributed by atoms with Crippen LogP contribution in [-0.2, 0) is 16.1 Å². The van der Waals surface area contributed by atoms with E-state index in [2.05, 4.69) is 0 Å². The number of imide groups is 1. The number of nitrogens with one attached hydrogen (secondary N) is 1. The molecule has 2 unspecified atom stereocenters. The van der Waals surface area contributed by atoms with Gasteiger partial charge in [-0.2, -0.15) is 0 Å². The predicted octanol–water partition coefficient (Wildman–Crippen LogP) is 0.477. The second-order valence-electron chi connectivity index (χ2n) is 5.60. The van der Waals surface area contributed by atoms with Crippen LogP contribution in [0.2, 0.25) is 0 Å². The smallest absolute Gasteiger partial charge is 0.301 e. The maximum Gasteiger partial charge on any atom is 0.301 e. The van der Waals surface area contributed by atoms with Gasteiger partial charge in [-0.15, -0.1) is 0 Å². The van der Waals surface area contributed by atoms with Crippen LogP contribution in [0.1, 0.15) is 41.1 Å². The average molecular weight is 291 g/mol. The fourth-order valence-corrected chi connectivity index (χ4v) is 3.29. The molecule has 2 aliphatic rings. The Morgan fingerprint density at radius 3 is 2.57 bits per heavy atom. The number of nitrogens with zero attached hydrogens (tertiary/aromatic N) is 1. The van der Waals surface area contributed by atoms with Crippen molar-refractivity contribution in [3.63, 3.8) is 0 Å². The Morgan fingerprint density at radius 1 is 1.38 bits per heavy atom. The number of hydrazine groups is 1. The van der Waals surface area contributed by atoms with Gasteiger partial charge in [0.1, 0.15) is 5.76 Å². The summed E-state index contributed by atoms with van der Waals surface area (Å²) in [5.41, 5.74) is 2.62. The van der Waals surface area contributed by atoms with E-state index < -0.39 is 5.91 Å². The highest BCUT2D eigenvalue weighted by Gasteiger charge is 2.49. The Labute approximate surface area is 121 Å². The molecule has 2 heterocycles. The zero-order valence-corrected chi connectivity index (χ0v) is 11.7. The van der Waals surface area contributed by atoms with Crippen molar-refractivity contribution in [2.75, 3.05) is 0 Å². The molecule has 2 fully saturated rings. The van der Waals surface area contributed by atoms with E-state index in [1.165, 1.54) is 4.90 Å². The molecule has 1 aromatic rings. The number of rotatable bonds is 3. The summed E-state index contributed by atoms with van der Waals surface area (Å²) in [6.45, 7) is 1.78. The third-order valence-electron chi connectivity index (χ3n) is 4.30. The monoisotopic (exact) mass is 291 g/mol. The highest BCUT2D eigenvalue weighted by molar-refractivity contribution is 6.05. The van der Waals surface area contributed by atoms with Crippen LogP contribution in [-0.4, -0.2) is 22.6 Å². The Balaban J connectivity index is 1.80. The molecule has 0 aromatic carbocycles. The highest BCUT2D eigenvalue weighted by atomic mass is 16.4. The third kappa shape index (κ3) is 2.13. The molecule has 3 N–H and O–H groups in total. The molecule has 0 spiro atoms. The van der Waals surface area contributed by atoms with E-state index in [4.69, 9.17) is 10.3 Å². The fraction of sp³-hybridized carbons (Fsp3) is 0.500. The molecular formula is C14H17N3O4. The van der Waals surface area contributed by atoms with Crippen LogP contribution in [0.25, 0.3) is 0 Å². The number of hydrogen-bond donors (Lipinski definition) is 2. The summed E-state index contributed by atoms with van der Waals surface area (Å²) in [6.07, 6.45) is 2.49. The minimum Gasteiger partial charge on any atom is -0.454 e. The van der Waals surface area contributed by atoms with Gasteiger partial charge in [0.25, 0.3) is 0 Å². The van der Waals surface area contributed by atoms with Crippen molar-refractivity contribution in [2.24, 2.45) is 17.7 Å². The van der Waals surface area contributed by atoms with Crippen LogP contribution in [0.4, 0.5) is 0 Å². The summed E-state index contributed by atoms with van der Waals surface area (Å²) in [7, 11) is 0. The van der Waals surface area contributed by atoms with E-state index in [-0.39, 0.29) is 36.0 Å². The predicted molar refractivity (Wildman–Crippen MR) is 71.5 cm³/mol. The molecule has 1 aromatic heterocycles. The van der Waals surface area contributed by atoms with Crippen molar-refractivity contribution >= 4 is 17.7 Å². The summed E-state index contributed by atoms with van der Waals surface area (Å²) in [6, 6.07) is 1.65. The fourth-order valence-electron chi connectivity index (χ4n) is 3.29. The van der Waals surface area contributed by atoms with E-state index in [0.29, 0.717) is 11.3 Å². The van der Waals surface area contributed by atoms with Gasteiger partial charge >= 0.3 is 5.91 Å². The number of carbonyl (C=O) groups is 3. The number of carbonyl (C=O) groups excluding carboxylic acids is 3. The summed E-state index contributed by atoms with van der Waals surface area (Å²) < 4.78 is 5.41. The number of nitrogens with two attached hydrogens (primary N) is 1. The minimum atomic E-state index is -0.533. The van der Waals surface area contributed by atoms with E-state index in [1.54, 1.807) is 13.0 Å². The highest BCUT2D eigenvalue weighted by Crippen LogP contribution is 2.40. The number of fused-ring (bicyclic) bond motifs is 1. The van der Waals surface area contributed by atoms with Crippen molar-refractivity contribution < 1.29 is 18.8 Å². The second-order valence-corrected chi connectivity index (χ2v) is 5.60. The lowest BCUT2D eigenvalue weighted by Gasteiger charge is -2.13. The van der Waals surface area contributed by atoms with Crippen LogP contribution < -0.4 is 11.3 Å². The maximum absolute atomic E-state index is 12.2. The Hall–Kier alpha value is -2.15. The summed E-state index contributed by atoms with van der Waals surface area (Å²) in [5, 5.41) is 0. The van der Waals surface area contributed by atoms with Crippen LogP contribution in [0.5, 0.6) is 0 Å². The van der Waals surface area contributed by atoms with Crippen LogP contribution >= 0.6 is 0 Å². The van der Waals surface area contributed by atoms with Crippen molar-refractivity contribution in [1.82, 2.24) is 10.3 Å². The van der Waals surface area contributed by atoms with E-state index in [9.17, 15) is 14.4 Å². The van der Waals surface area contributed by atoms with Gasteiger partial charge in [-0.1, -0.05) is 6.42 Å². The zero-order chi connectivity index (χ0) is 15.1. The van der Waals surface area contributed by atoms with Gasteiger partial charge in [0, 0.05) is 5.56 Å². The first-order chi connectivity index (χ1) is 10.0. The standard InChI is InChI=1S/C14H17N3O4/c1-7-5-8(21-11(7)12(18)16-15)6-17-13(19)9-3-2-4-10(9)14(17)20/h5,9-10H,2-4,6,15H2,1H3,(H,16,18). The maximum atomic E-state index is 12.2. The molecule has 7 nitrogen and oxygen atoms in total. The topological polar surface area (TPSA) is 106 Å². The van der Waals surface area contributed by atoms with E-state index in [1.807, 2.05) is 5.43 Å². The van der Waals surface area contributed by atoms with Gasteiger partial charge in [-0.3, -0.25) is 24.7 Å². The van der Waals surface area contributed by atoms with Crippen molar-refractivity contribution in [2.45, 2.75) is 32.7 Å². The number of nitrogen functional groups attached to an aromatic ring is 1. The van der Waals surface area contributed by atoms with Crippen LogP contribution in [0.15, 0.2) is 10.5 Å². The molecule has 2 atom stereocenters. The van der Waals surface area contributed by atoms with Crippen molar-refractivity contribution in [3.05, 3.63) is 23.2 Å². The molecule has 1 saturated heterocycles. The van der Waals surface area contributed by atoms with E-state index >= 15 is 0 Å². The molecule has 7 heteroatoms. The van der Waals surface area contributed by atoms with Gasteiger partial charge in [-0.25, -0.2) is 5.84 Å². The second kappa shape index (κ2) is 5.00. The van der Waals surface area contributed by atoms with Crippen LogP contribution in [0, 0.1) is 18.8 Å². The number of amides is 3. The van der Waals surface area contributed by atoms with Crippen molar-refractivity contribution in [3.8, 4) is 0 Å². The molecule has 112 valence electrons.